The monoisotopic (exact) mass is 396 g/mol. The summed E-state index contributed by atoms with van der Waals surface area (Å²) in [5, 5.41) is 0. The Labute approximate surface area is 158 Å². The van der Waals surface area contributed by atoms with Crippen molar-refractivity contribution in [1.29, 1.82) is 0 Å². The average Bonchev–Trinajstić information content (AvgIpc) is 2.56. The van der Waals surface area contributed by atoms with Crippen LogP contribution in [0.4, 0.5) is 0 Å². The number of methoxy groups -OCH3 is 1. The van der Waals surface area contributed by atoms with E-state index in [0.29, 0.717) is 23.3 Å². The highest BCUT2D eigenvalue weighted by Crippen LogP contribution is 2.61. The van der Waals surface area contributed by atoms with Gasteiger partial charge in [-0.25, -0.2) is 9.45 Å². The topological polar surface area (TPSA) is 94.5 Å². The van der Waals surface area contributed by atoms with Gasteiger partial charge >= 0.3 is 7.82 Å². The van der Waals surface area contributed by atoms with Crippen molar-refractivity contribution in [2.45, 2.75) is 44.0 Å². The molecular formula is C19H25O7P. The first-order valence-corrected chi connectivity index (χ1v) is 11.2. The second-order valence-corrected chi connectivity index (χ2v) is 9.75. The molecule has 1 aromatic rings. The van der Waals surface area contributed by atoms with Gasteiger partial charge in [0, 0.05) is 12.7 Å². The Bertz CT molecular complexity index is 745. The summed E-state index contributed by atoms with van der Waals surface area (Å²) in [6.45, 7) is 0. The zero-order valence-corrected chi connectivity index (χ0v) is 16.1. The highest BCUT2D eigenvalue weighted by atomic mass is 31.2. The number of rotatable bonds is 5. The van der Waals surface area contributed by atoms with Crippen molar-refractivity contribution in [3.05, 3.63) is 29.8 Å². The van der Waals surface area contributed by atoms with Gasteiger partial charge in [0.05, 0.1) is 0 Å². The van der Waals surface area contributed by atoms with E-state index in [1.165, 1.54) is 38.2 Å². The lowest BCUT2D eigenvalue weighted by atomic mass is 9.50. The van der Waals surface area contributed by atoms with Gasteiger partial charge in [-0.15, -0.1) is 0 Å². The largest absolute Gasteiger partial charge is 0.524 e. The second kappa shape index (κ2) is 6.28. The van der Waals surface area contributed by atoms with E-state index in [0.717, 1.165) is 11.8 Å². The van der Waals surface area contributed by atoms with Crippen LogP contribution in [0.15, 0.2) is 24.3 Å². The molecule has 4 aliphatic carbocycles. The van der Waals surface area contributed by atoms with Crippen molar-refractivity contribution in [3.8, 4) is 5.75 Å². The lowest BCUT2D eigenvalue weighted by Gasteiger charge is -2.60. The van der Waals surface area contributed by atoms with E-state index in [-0.39, 0.29) is 11.9 Å². The lowest BCUT2D eigenvalue weighted by Crippen LogP contribution is -2.63. The summed E-state index contributed by atoms with van der Waals surface area (Å²) in [6, 6.07) is 6.57. The van der Waals surface area contributed by atoms with Crippen molar-refractivity contribution in [1.82, 2.24) is 0 Å². The van der Waals surface area contributed by atoms with E-state index in [4.69, 9.17) is 28.8 Å². The Balaban J connectivity index is 1.44. The minimum Gasteiger partial charge on any atom is -0.404 e. The summed E-state index contributed by atoms with van der Waals surface area (Å²) in [5.74, 6) is 2.41. The fourth-order valence-corrected chi connectivity index (χ4v) is 6.75. The van der Waals surface area contributed by atoms with Crippen LogP contribution in [-0.4, -0.2) is 23.0 Å². The molecule has 5 aliphatic rings. The number of benzene rings is 1. The van der Waals surface area contributed by atoms with Crippen molar-refractivity contribution in [2.75, 3.05) is 7.11 Å². The molecule has 2 N–H and O–H groups in total. The SMILES string of the molecule is COC1(c2cccc(OP(=O)(O)O)c2)OOC1C1C2CC3CC(C2)CC1C3. The summed E-state index contributed by atoms with van der Waals surface area (Å²) >= 11 is 0. The molecule has 1 aliphatic heterocycles. The molecule has 4 saturated carbocycles. The molecule has 6 rings (SSSR count). The predicted molar refractivity (Wildman–Crippen MR) is 94.3 cm³/mol. The summed E-state index contributed by atoms with van der Waals surface area (Å²) in [6.07, 6.45) is 6.22. The van der Waals surface area contributed by atoms with Crippen LogP contribution in [-0.2, 0) is 24.9 Å². The Morgan fingerprint density at radius 3 is 2.30 bits per heavy atom. The number of ether oxygens (including phenoxy) is 1. The summed E-state index contributed by atoms with van der Waals surface area (Å²) in [5.41, 5.74) is 0.654. The number of hydrogen-bond acceptors (Lipinski definition) is 5. The van der Waals surface area contributed by atoms with Gasteiger partial charge in [0.25, 0.3) is 5.79 Å². The first-order chi connectivity index (χ1) is 12.9. The lowest BCUT2D eigenvalue weighted by molar-refractivity contribution is -0.592. The van der Waals surface area contributed by atoms with Gasteiger partial charge in [-0.05, 0) is 73.8 Å². The van der Waals surface area contributed by atoms with Gasteiger partial charge in [0.15, 0.2) is 6.10 Å². The average molecular weight is 396 g/mol. The van der Waals surface area contributed by atoms with Crippen LogP contribution in [0, 0.1) is 29.6 Å². The fraction of sp³-hybridized carbons (Fsp3) is 0.684. The molecule has 0 spiro atoms. The van der Waals surface area contributed by atoms with Crippen LogP contribution < -0.4 is 4.52 Å². The molecule has 0 amide bonds. The van der Waals surface area contributed by atoms with Gasteiger partial charge in [-0.3, -0.25) is 9.79 Å². The van der Waals surface area contributed by atoms with Gasteiger partial charge in [0.1, 0.15) is 5.75 Å². The molecule has 8 heteroatoms. The molecule has 4 bridgehead atoms. The number of phosphoric ester groups is 1. The minimum atomic E-state index is -4.63. The minimum absolute atomic E-state index is 0.0802. The fourth-order valence-electron chi connectivity index (χ4n) is 6.36. The van der Waals surface area contributed by atoms with Crippen LogP contribution in [0.5, 0.6) is 5.75 Å². The zero-order chi connectivity index (χ0) is 18.8. The third-order valence-corrected chi connectivity index (χ3v) is 7.51. The normalized spacial score (nSPS) is 42.8. The molecule has 1 aromatic carbocycles. The number of hydrogen-bond donors (Lipinski definition) is 2. The standard InChI is InChI=1S/C19H25O7P/c1-23-19(15-3-2-4-16(10-15)25-27(20,21)22)18(24-26-19)17-13-6-11-5-12(8-13)9-14(17)7-11/h2-4,10-14,17-18H,5-9H2,1H3,(H2,20,21,22). The molecule has 7 nitrogen and oxygen atoms in total. The molecular weight excluding hydrogens is 371 g/mol. The molecule has 5 fully saturated rings. The number of phosphoric acid groups is 1. The van der Waals surface area contributed by atoms with E-state index < -0.39 is 13.6 Å². The molecule has 148 valence electrons. The molecule has 2 unspecified atom stereocenters. The van der Waals surface area contributed by atoms with Gasteiger partial charge in [0.2, 0.25) is 0 Å². The maximum atomic E-state index is 11.2. The van der Waals surface area contributed by atoms with Crippen LogP contribution in [0.2, 0.25) is 0 Å². The summed E-state index contributed by atoms with van der Waals surface area (Å²) in [4.78, 5) is 29.4. The van der Waals surface area contributed by atoms with Crippen LogP contribution >= 0.6 is 7.82 Å². The van der Waals surface area contributed by atoms with Crippen molar-refractivity contribution >= 4 is 7.82 Å². The Morgan fingerprint density at radius 2 is 1.78 bits per heavy atom. The van der Waals surface area contributed by atoms with Crippen molar-refractivity contribution in [3.63, 3.8) is 0 Å². The quantitative estimate of drug-likeness (QED) is 0.582. The Kier molecular flexibility index (Phi) is 4.21. The summed E-state index contributed by atoms with van der Waals surface area (Å²) < 4.78 is 21.7. The third-order valence-electron chi connectivity index (χ3n) is 7.06. The molecule has 1 heterocycles. The van der Waals surface area contributed by atoms with E-state index in [2.05, 4.69) is 0 Å². The molecule has 0 aromatic heterocycles. The van der Waals surface area contributed by atoms with Crippen LogP contribution in [0.25, 0.3) is 0 Å². The first kappa shape index (κ1) is 18.1. The third kappa shape index (κ3) is 2.96. The molecule has 1 saturated heterocycles. The van der Waals surface area contributed by atoms with E-state index in [1.54, 1.807) is 19.2 Å². The second-order valence-electron chi connectivity index (χ2n) is 8.59. The van der Waals surface area contributed by atoms with E-state index in [1.807, 2.05) is 6.07 Å². The van der Waals surface area contributed by atoms with Gasteiger partial charge < -0.3 is 9.26 Å². The van der Waals surface area contributed by atoms with Crippen LogP contribution in [0.3, 0.4) is 0 Å². The maximum absolute atomic E-state index is 11.2. The molecule has 0 radical (unpaired) electrons. The first-order valence-electron chi connectivity index (χ1n) is 9.63. The highest BCUT2D eigenvalue weighted by molar-refractivity contribution is 7.46. The molecule has 27 heavy (non-hydrogen) atoms. The maximum Gasteiger partial charge on any atom is 0.524 e. The Morgan fingerprint density at radius 1 is 1.11 bits per heavy atom. The predicted octanol–water partition coefficient (Wildman–Crippen LogP) is 3.36. The highest BCUT2D eigenvalue weighted by Gasteiger charge is 2.63. The molecule has 2 atom stereocenters. The van der Waals surface area contributed by atoms with Gasteiger partial charge in [-0.1, -0.05) is 12.1 Å². The van der Waals surface area contributed by atoms with Gasteiger partial charge in [-0.2, -0.15) is 4.89 Å². The summed E-state index contributed by atoms with van der Waals surface area (Å²) in [7, 11) is -3.05. The Hall–Kier alpha value is -0.950. The van der Waals surface area contributed by atoms with E-state index >= 15 is 0 Å². The van der Waals surface area contributed by atoms with Crippen molar-refractivity contribution < 1.29 is 33.4 Å². The van der Waals surface area contributed by atoms with Crippen molar-refractivity contribution in [2.24, 2.45) is 29.6 Å². The smallest absolute Gasteiger partial charge is 0.404 e. The van der Waals surface area contributed by atoms with E-state index in [9.17, 15) is 4.57 Å². The zero-order valence-electron chi connectivity index (χ0n) is 15.2. The van der Waals surface area contributed by atoms with Crippen LogP contribution in [0.1, 0.15) is 37.7 Å².